The van der Waals surface area contributed by atoms with Crippen LogP contribution in [0.1, 0.15) is 19.8 Å². The summed E-state index contributed by atoms with van der Waals surface area (Å²) in [6.45, 7) is 1.32. The number of carbonyl (C=O) groups is 3. The number of nitrogens with one attached hydrogen (secondary N) is 3. The fourth-order valence-electron chi connectivity index (χ4n) is 2.93. The molecule has 1 aromatic carbocycles. The van der Waals surface area contributed by atoms with Crippen LogP contribution in [-0.2, 0) is 9.59 Å². The number of hydrogen-bond donors (Lipinski definition) is 7. The van der Waals surface area contributed by atoms with Crippen molar-refractivity contribution in [3.63, 3.8) is 0 Å². The Bertz CT molecular complexity index is 763. The number of primary amides is 1. The van der Waals surface area contributed by atoms with E-state index >= 15 is 0 Å². The van der Waals surface area contributed by atoms with Crippen molar-refractivity contribution in [2.24, 2.45) is 5.73 Å². The second-order valence-electron chi connectivity index (χ2n) is 6.81. The van der Waals surface area contributed by atoms with Crippen molar-refractivity contribution >= 4 is 23.5 Å². The summed E-state index contributed by atoms with van der Waals surface area (Å²) in [5, 5.41) is 37.6. The molecule has 28 heavy (non-hydrogen) atoms. The van der Waals surface area contributed by atoms with Gasteiger partial charge in [0, 0.05) is 18.5 Å². The molecular formula is C17H23FN4O6. The van der Waals surface area contributed by atoms with Crippen molar-refractivity contribution in [1.29, 1.82) is 0 Å². The van der Waals surface area contributed by atoms with Gasteiger partial charge in [-0.15, -0.1) is 0 Å². The van der Waals surface area contributed by atoms with Crippen LogP contribution in [0.2, 0.25) is 0 Å². The molecule has 0 saturated heterocycles. The zero-order chi connectivity index (χ0) is 21.1. The minimum atomic E-state index is -2.15. The maximum Gasteiger partial charge on any atom is 0.319 e. The van der Waals surface area contributed by atoms with Gasteiger partial charge >= 0.3 is 6.03 Å². The number of urea groups is 1. The van der Waals surface area contributed by atoms with Gasteiger partial charge in [0.25, 0.3) is 5.91 Å². The number of halogens is 1. The molecular weight excluding hydrogens is 375 g/mol. The number of anilines is 1. The third-order valence-corrected chi connectivity index (χ3v) is 4.51. The van der Waals surface area contributed by atoms with Gasteiger partial charge in [0.05, 0.1) is 12.1 Å². The Morgan fingerprint density at radius 1 is 1.29 bits per heavy atom. The number of rotatable bonds is 5. The lowest BCUT2D eigenvalue weighted by molar-refractivity contribution is -0.158. The summed E-state index contributed by atoms with van der Waals surface area (Å²) in [4.78, 5) is 35.5. The first kappa shape index (κ1) is 21.5. The Morgan fingerprint density at radius 3 is 2.57 bits per heavy atom. The summed E-state index contributed by atoms with van der Waals surface area (Å²) in [6, 6.07) is 1.98. The van der Waals surface area contributed by atoms with Gasteiger partial charge in [-0.1, -0.05) is 6.07 Å². The predicted octanol–water partition coefficient (Wildman–Crippen LogP) is -1.45. The first-order chi connectivity index (χ1) is 13.0. The fraction of sp³-hybridized carbons (Fsp3) is 0.471. The fourth-order valence-corrected chi connectivity index (χ4v) is 2.93. The molecule has 10 nitrogen and oxygen atoms in total. The van der Waals surface area contributed by atoms with Gasteiger partial charge < -0.3 is 37.0 Å². The number of benzene rings is 1. The van der Waals surface area contributed by atoms with Gasteiger partial charge in [0.2, 0.25) is 5.91 Å². The SMILES string of the molecule is C[C@@H](NC(=O)[C@@]1(O)C[C@@H](O)[C@H](O)[C@@H](NC(=O)Nc2cccc(F)c2)C1)C(N)=O. The van der Waals surface area contributed by atoms with E-state index in [4.69, 9.17) is 5.73 Å². The quantitative estimate of drug-likeness (QED) is 0.319. The molecule has 8 N–H and O–H groups in total. The van der Waals surface area contributed by atoms with Crippen molar-refractivity contribution < 1.29 is 34.1 Å². The zero-order valence-electron chi connectivity index (χ0n) is 15.1. The van der Waals surface area contributed by atoms with Crippen LogP contribution >= 0.6 is 0 Å². The number of aliphatic hydroxyl groups is 3. The van der Waals surface area contributed by atoms with Crippen LogP contribution in [0.3, 0.4) is 0 Å². The molecule has 0 spiro atoms. The molecule has 0 heterocycles. The van der Waals surface area contributed by atoms with Crippen molar-refractivity contribution in [2.45, 2.75) is 49.7 Å². The smallest absolute Gasteiger partial charge is 0.319 e. The maximum atomic E-state index is 13.2. The lowest BCUT2D eigenvalue weighted by Gasteiger charge is -2.41. The van der Waals surface area contributed by atoms with Gasteiger partial charge in [-0.25, -0.2) is 9.18 Å². The summed E-state index contributed by atoms with van der Waals surface area (Å²) >= 11 is 0. The minimum Gasteiger partial charge on any atom is -0.390 e. The summed E-state index contributed by atoms with van der Waals surface area (Å²) in [6.07, 6.45) is -3.92. The molecule has 1 aliphatic carbocycles. The van der Waals surface area contributed by atoms with Crippen LogP contribution in [-0.4, -0.2) is 63.1 Å². The third kappa shape index (κ3) is 5.15. The van der Waals surface area contributed by atoms with Crippen LogP contribution < -0.4 is 21.7 Å². The third-order valence-electron chi connectivity index (χ3n) is 4.51. The van der Waals surface area contributed by atoms with E-state index < -0.39 is 66.4 Å². The van der Waals surface area contributed by atoms with E-state index in [-0.39, 0.29) is 5.69 Å². The molecule has 0 aliphatic heterocycles. The molecule has 0 bridgehead atoms. The Balaban J connectivity index is 2.07. The van der Waals surface area contributed by atoms with E-state index in [1.807, 2.05) is 0 Å². The first-order valence-corrected chi connectivity index (χ1v) is 8.54. The van der Waals surface area contributed by atoms with Crippen LogP contribution in [0.4, 0.5) is 14.9 Å². The molecule has 2 rings (SSSR count). The van der Waals surface area contributed by atoms with Crippen LogP contribution in [0, 0.1) is 5.82 Å². The van der Waals surface area contributed by atoms with E-state index in [9.17, 15) is 34.1 Å². The van der Waals surface area contributed by atoms with E-state index in [0.717, 1.165) is 6.07 Å². The molecule has 0 unspecified atom stereocenters. The zero-order valence-corrected chi connectivity index (χ0v) is 15.1. The van der Waals surface area contributed by atoms with Gasteiger partial charge in [-0.2, -0.15) is 0 Å². The highest BCUT2D eigenvalue weighted by Crippen LogP contribution is 2.30. The molecule has 1 aromatic rings. The summed E-state index contributed by atoms with van der Waals surface area (Å²) in [5.41, 5.74) is 3.06. The molecule has 5 atom stereocenters. The standard InChI is InChI=1S/C17H23FN4O6/c1-8(14(19)25)20-15(26)17(28)6-11(13(24)12(23)7-17)22-16(27)21-10-4-2-3-9(18)5-10/h2-5,8,11-13,23-24,28H,6-7H2,1H3,(H2,19,25)(H,20,26)(H2,21,22,27)/t8-,11+,12-,13-,17+/m1/s1. The highest BCUT2D eigenvalue weighted by atomic mass is 19.1. The van der Waals surface area contributed by atoms with Crippen molar-refractivity contribution in [3.05, 3.63) is 30.1 Å². The second-order valence-corrected chi connectivity index (χ2v) is 6.81. The average molecular weight is 398 g/mol. The van der Waals surface area contributed by atoms with E-state index in [1.54, 1.807) is 0 Å². The number of nitrogens with two attached hydrogens (primary N) is 1. The Morgan fingerprint density at radius 2 is 1.96 bits per heavy atom. The predicted molar refractivity (Wildman–Crippen MR) is 95.3 cm³/mol. The Kier molecular flexibility index (Phi) is 6.54. The van der Waals surface area contributed by atoms with Crippen LogP contribution in [0.15, 0.2) is 24.3 Å². The first-order valence-electron chi connectivity index (χ1n) is 8.54. The lowest BCUT2D eigenvalue weighted by atomic mass is 9.77. The van der Waals surface area contributed by atoms with Crippen LogP contribution in [0.25, 0.3) is 0 Å². The number of amides is 4. The molecule has 4 amide bonds. The summed E-state index contributed by atoms with van der Waals surface area (Å²) in [5.74, 6) is -2.36. The van der Waals surface area contributed by atoms with Gasteiger partial charge in [-0.05, 0) is 25.1 Å². The van der Waals surface area contributed by atoms with E-state index in [1.165, 1.54) is 25.1 Å². The maximum absolute atomic E-state index is 13.2. The van der Waals surface area contributed by atoms with E-state index in [2.05, 4.69) is 16.0 Å². The van der Waals surface area contributed by atoms with Crippen molar-refractivity contribution in [1.82, 2.24) is 10.6 Å². The largest absolute Gasteiger partial charge is 0.390 e. The topological polar surface area (TPSA) is 174 Å². The highest BCUT2D eigenvalue weighted by Gasteiger charge is 2.49. The normalized spacial score (nSPS) is 28.1. The Hall–Kier alpha value is -2.76. The monoisotopic (exact) mass is 398 g/mol. The molecule has 11 heteroatoms. The minimum absolute atomic E-state index is 0.145. The van der Waals surface area contributed by atoms with Gasteiger partial charge in [0.1, 0.15) is 23.6 Å². The van der Waals surface area contributed by atoms with Crippen molar-refractivity contribution in [3.8, 4) is 0 Å². The summed E-state index contributed by atoms with van der Waals surface area (Å²) < 4.78 is 13.2. The molecule has 1 fully saturated rings. The molecule has 1 aliphatic rings. The molecule has 0 aromatic heterocycles. The van der Waals surface area contributed by atoms with Gasteiger partial charge in [0.15, 0.2) is 0 Å². The second kappa shape index (κ2) is 8.50. The number of aliphatic hydroxyl groups excluding tert-OH is 2. The number of carbonyl (C=O) groups excluding carboxylic acids is 3. The Labute approximate surface area is 159 Å². The highest BCUT2D eigenvalue weighted by molar-refractivity contribution is 5.91. The lowest BCUT2D eigenvalue weighted by Crippen LogP contribution is -2.64. The average Bonchev–Trinajstić information content (AvgIpc) is 2.59. The summed E-state index contributed by atoms with van der Waals surface area (Å²) in [7, 11) is 0. The molecule has 1 saturated carbocycles. The van der Waals surface area contributed by atoms with Crippen molar-refractivity contribution in [2.75, 3.05) is 5.32 Å². The van der Waals surface area contributed by atoms with Crippen LogP contribution in [0.5, 0.6) is 0 Å². The number of hydrogen-bond acceptors (Lipinski definition) is 6. The molecule has 154 valence electrons. The van der Waals surface area contributed by atoms with E-state index in [0.29, 0.717) is 0 Å². The molecule has 0 radical (unpaired) electrons. The van der Waals surface area contributed by atoms with Gasteiger partial charge in [-0.3, -0.25) is 9.59 Å².